The smallest absolute Gasteiger partial charge is 0.153 e. The van der Waals surface area contributed by atoms with E-state index in [1.54, 1.807) is 12.4 Å². The zero-order valence-corrected chi connectivity index (χ0v) is 5.42. The van der Waals surface area contributed by atoms with Gasteiger partial charge in [-0.05, 0) is 0 Å². The van der Waals surface area contributed by atoms with E-state index in [1.165, 1.54) is 0 Å². The van der Waals surface area contributed by atoms with Crippen molar-refractivity contribution >= 4 is 5.69 Å². The van der Waals surface area contributed by atoms with Crippen LogP contribution < -0.4 is 10.1 Å². The molecule has 1 N–H and O–H groups in total. The Hall–Kier alpha value is -1.25. The Kier molecular flexibility index (Phi) is 1.20. The zero-order valence-electron chi connectivity index (χ0n) is 5.42. The zero-order chi connectivity index (χ0) is 6.81. The molecule has 1 radical (unpaired) electrons. The van der Waals surface area contributed by atoms with Crippen molar-refractivity contribution in [3.05, 3.63) is 18.5 Å². The first kappa shape index (κ1) is 5.53. The highest BCUT2D eigenvalue weighted by Crippen LogP contribution is 2.23. The van der Waals surface area contributed by atoms with Gasteiger partial charge in [0.15, 0.2) is 5.75 Å². The Labute approximate surface area is 59.0 Å². The molecular formula is C7H7N2O. The standard InChI is InChI=1S/C7H7N2O/c1-2-8-5-6-7(1)10-4-3-9-6/h2,5,9H,3-4H2. The Morgan fingerprint density at radius 2 is 2.70 bits per heavy atom. The summed E-state index contributed by atoms with van der Waals surface area (Å²) in [5, 5.41) is 3.14. The highest BCUT2D eigenvalue weighted by Gasteiger charge is 2.07. The van der Waals surface area contributed by atoms with Gasteiger partial charge < -0.3 is 10.1 Å². The van der Waals surface area contributed by atoms with Gasteiger partial charge in [0.25, 0.3) is 0 Å². The van der Waals surface area contributed by atoms with Gasteiger partial charge in [0.1, 0.15) is 6.61 Å². The predicted octanol–water partition coefficient (Wildman–Crippen LogP) is 0.686. The predicted molar refractivity (Wildman–Crippen MR) is 37.1 cm³/mol. The van der Waals surface area contributed by atoms with Gasteiger partial charge in [-0.25, -0.2) is 0 Å². The summed E-state index contributed by atoms with van der Waals surface area (Å²) in [5.41, 5.74) is 0.939. The van der Waals surface area contributed by atoms with Gasteiger partial charge in [0, 0.05) is 18.8 Å². The number of ether oxygens (including phenoxy) is 1. The van der Waals surface area contributed by atoms with Crippen LogP contribution in [0.2, 0.25) is 0 Å². The molecule has 1 aromatic rings. The summed E-state index contributed by atoms with van der Waals surface area (Å²) < 4.78 is 5.27. The highest BCUT2D eigenvalue weighted by atomic mass is 16.5. The minimum atomic E-state index is 0.716. The molecule has 0 atom stereocenters. The monoisotopic (exact) mass is 135 g/mol. The average Bonchev–Trinajstić information content (AvgIpc) is 2.05. The van der Waals surface area contributed by atoms with Crippen LogP contribution in [0, 0.1) is 6.07 Å². The van der Waals surface area contributed by atoms with Crippen LogP contribution in [-0.4, -0.2) is 18.1 Å². The molecule has 0 aromatic carbocycles. The van der Waals surface area contributed by atoms with Crippen LogP contribution in [0.5, 0.6) is 5.75 Å². The van der Waals surface area contributed by atoms with E-state index in [-0.39, 0.29) is 0 Å². The lowest BCUT2D eigenvalue weighted by Gasteiger charge is -2.17. The number of aromatic nitrogens is 1. The third-order valence-electron chi connectivity index (χ3n) is 1.38. The van der Waals surface area contributed by atoms with Crippen molar-refractivity contribution in [2.45, 2.75) is 0 Å². The van der Waals surface area contributed by atoms with Crippen LogP contribution in [0.15, 0.2) is 12.4 Å². The third kappa shape index (κ3) is 0.795. The van der Waals surface area contributed by atoms with Crippen molar-refractivity contribution in [1.82, 2.24) is 4.98 Å². The summed E-state index contributed by atoms with van der Waals surface area (Å²) in [6.07, 6.45) is 3.34. The first-order valence-corrected chi connectivity index (χ1v) is 3.19. The van der Waals surface area contributed by atoms with Gasteiger partial charge >= 0.3 is 0 Å². The molecule has 51 valence electrons. The van der Waals surface area contributed by atoms with E-state index in [1.807, 2.05) is 0 Å². The lowest BCUT2D eigenvalue weighted by atomic mass is 10.3. The van der Waals surface area contributed by atoms with Gasteiger partial charge in [-0.15, -0.1) is 0 Å². The second kappa shape index (κ2) is 2.17. The molecule has 0 amide bonds. The molecule has 3 heteroatoms. The molecule has 0 saturated heterocycles. The van der Waals surface area contributed by atoms with Crippen LogP contribution in [0.3, 0.4) is 0 Å². The fourth-order valence-electron chi connectivity index (χ4n) is 0.928. The van der Waals surface area contributed by atoms with Crippen molar-refractivity contribution in [1.29, 1.82) is 0 Å². The lowest BCUT2D eigenvalue weighted by molar-refractivity contribution is 0.322. The quantitative estimate of drug-likeness (QED) is 0.568. The van der Waals surface area contributed by atoms with Crippen molar-refractivity contribution in [3.63, 3.8) is 0 Å². The van der Waals surface area contributed by atoms with Gasteiger partial charge in [-0.2, -0.15) is 0 Å². The topological polar surface area (TPSA) is 34.1 Å². The number of rotatable bonds is 0. The maximum absolute atomic E-state index is 5.27. The van der Waals surface area contributed by atoms with Crippen LogP contribution in [0.1, 0.15) is 0 Å². The molecule has 0 aliphatic carbocycles. The number of anilines is 1. The molecule has 2 heterocycles. The normalized spacial score (nSPS) is 14.8. The maximum atomic E-state index is 5.27. The van der Waals surface area contributed by atoms with E-state index >= 15 is 0 Å². The first-order valence-electron chi connectivity index (χ1n) is 3.19. The number of fused-ring (bicyclic) bond motifs is 1. The number of hydrogen-bond donors (Lipinski definition) is 1. The summed E-state index contributed by atoms with van der Waals surface area (Å²) in [6.45, 7) is 1.57. The van der Waals surface area contributed by atoms with Gasteiger partial charge in [0.2, 0.25) is 0 Å². The molecule has 0 unspecified atom stereocenters. The second-order valence-electron chi connectivity index (χ2n) is 2.07. The molecule has 0 saturated carbocycles. The van der Waals surface area contributed by atoms with Crippen molar-refractivity contribution in [2.75, 3.05) is 18.5 Å². The molecular weight excluding hydrogens is 128 g/mol. The minimum absolute atomic E-state index is 0.716. The molecule has 1 aromatic heterocycles. The van der Waals surface area contributed by atoms with Gasteiger partial charge in [-0.3, -0.25) is 4.98 Å². The Bertz CT molecular complexity index is 212. The SMILES string of the molecule is [c]1cncc2c1OCCN2. The summed E-state index contributed by atoms with van der Waals surface area (Å²) in [5.74, 6) is 0.779. The lowest BCUT2D eigenvalue weighted by Crippen LogP contribution is -2.17. The van der Waals surface area contributed by atoms with Crippen molar-refractivity contribution in [2.24, 2.45) is 0 Å². The van der Waals surface area contributed by atoms with Crippen LogP contribution in [-0.2, 0) is 0 Å². The third-order valence-corrected chi connectivity index (χ3v) is 1.38. The number of nitrogens with zero attached hydrogens (tertiary/aromatic N) is 1. The molecule has 0 fully saturated rings. The van der Waals surface area contributed by atoms with Crippen LogP contribution >= 0.6 is 0 Å². The van der Waals surface area contributed by atoms with Crippen LogP contribution in [0.4, 0.5) is 5.69 Å². The largest absolute Gasteiger partial charge is 0.489 e. The summed E-state index contributed by atoms with van der Waals surface area (Å²) >= 11 is 0. The number of pyridine rings is 1. The molecule has 0 bridgehead atoms. The molecule has 3 nitrogen and oxygen atoms in total. The van der Waals surface area contributed by atoms with E-state index < -0.39 is 0 Å². The summed E-state index contributed by atoms with van der Waals surface area (Å²) in [7, 11) is 0. The van der Waals surface area contributed by atoms with E-state index in [4.69, 9.17) is 4.74 Å². The van der Waals surface area contributed by atoms with E-state index in [2.05, 4.69) is 16.4 Å². The molecule has 1 aliphatic rings. The molecule has 2 rings (SSSR count). The Morgan fingerprint density at radius 3 is 3.60 bits per heavy atom. The van der Waals surface area contributed by atoms with Crippen molar-refractivity contribution in [3.8, 4) is 5.75 Å². The maximum Gasteiger partial charge on any atom is 0.153 e. The fourth-order valence-corrected chi connectivity index (χ4v) is 0.928. The van der Waals surface area contributed by atoms with E-state index in [0.717, 1.165) is 18.0 Å². The van der Waals surface area contributed by atoms with E-state index in [9.17, 15) is 0 Å². The van der Waals surface area contributed by atoms with Gasteiger partial charge in [0.05, 0.1) is 11.9 Å². The van der Waals surface area contributed by atoms with Crippen molar-refractivity contribution < 1.29 is 4.74 Å². The second-order valence-corrected chi connectivity index (χ2v) is 2.07. The number of hydrogen-bond acceptors (Lipinski definition) is 3. The van der Waals surface area contributed by atoms with Crippen LogP contribution in [0.25, 0.3) is 0 Å². The van der Waals surface area contributed by atoms with Gasteiger partial charge in [-0.1, -0.05) is 0 Å². The average molecular weight is 135 g/mol. The Balaban J connectivity index is 2.41. The van der Waals surface area contributed by atoms with E-state index in [0.29, 0.717) is 6.61 Å². The molecule has 0 spiro atoms. The first-order chi connectivity index (χ1) is 4.97. The summed E-state index contributed by atoms with van der Waals surface area (Å²) in [6, 6.07) is 2.89. The number of nitrogens with one attached hydrogen (secondary N) is 1. The minimum Gasteiger partial charge on any atom is -0.489 e. The molecule has 10 heavy (non-hydrogen) atoms. The highest BCUT2D eigenvalue weighted by molar-refractivity contribution is 5.54. The Morgan fingerprint density at radius 1 is 1.70 bits per heavy atom. The molecule has 1 aliphatic heterocycles. The fraction of sp³-hybridized carbons (Fsp3) is 0.286. The summed E-state index contributed by atoms with van der Waals surface area (Å²) in [4.78, 5) is 3.90.